The molecule has 0 aliphatic heterocycles. The Hall–Kier alpha value is -2.36. The van der Waals surface area contributed by atoms with E-state index < -0.39 is 11.8 Å². The van der Waals surface area contributed by atoms with Crippen molar-refractivity contribution >= 4 is 5.97 Å². The van der Waals surface area contributed by atoms with E-state index in [2.05, 4.69) is 0 Å². The minimum atomic E-state index is -0.935. The van der Waals surface area contributed by atoms with Crippen LogP contribution >= 0.6 is 0 Å². The highest BCUT2D eigenvalue weighted by Crippen LogP contribution is 2.30. The zero-order chi connectivity index (χ0) is 13.1. The SMILES string of the molecule is O=C(O)Cc1cccc(-c2cc(F)ccc2O)c1. The van der Waals surface area contributed by atoms with Crippen LogP contribution in [0.4, 0.5) is 4.39 Å². The van der Waals surface area contributed by atoms with E-state index in [1.54, 1.807) is 24.3 Å². The molecule has 0 aliphatic rings. The Balaban J connectivity index is 2.44. The molecule has 0 fully saturated rings. The molecule has 0 bridgehead atoms. The largest absolute Gasteiger partial charge is 0.507 e. The van der Waals surface area contributed by atoms with Gasteiger partial charge in [0.05, 0.1) is 6.42 Å². The zero-order valence-corrected chi connectivity index (χ0v) is 9.43. The summed E-state index contributed by atoms with van der Waals surface area (Å²) in [6.45, 7) is 0. The van der Waals surface area contributed by atoms with Gasteiger partial charge in [0.25, 0.3) is 0 Å². The smallest absolute Gasteiger partial charge is 0.307 e. The third kappa shape index (κ3) is 2.66. The summed E-state index contributed by atoms with van der Waals surface area (Å²) in [7, 11) is 0. The molecular formula is C14H11FO3. The lowest BCUT2D eigenvalue weighted by Gasteiger charge is -2.06. The lowest BCUT2D eigenvalue weighted by Crippen LogP contribution is -1.99. The summed E-state index contributed by atoms with van der Waals surface area (Å²) in [6.07, 6.45) is -0.107. The van der Waals surface area contributed by atoms with Crippen LogP contribution in [0.2, 0.25) is 0 Å². The first-order valence-corrected chi connectivity index (χ1v) is 5.36. The number of aliphatic carboxylic acids is 1. The second-order valence-electron chi connectivity index (χ2n) is 3.93. The number of benzene rings is 2. The van der Waals surface area contributed by atoms with Crippen LogP contribution in [0.15, 0.2) is 42.5 Å². The number of aromatic hydroxyl groups is 1. The Labute approximate surface area is 103 Å². The van der Waals surface area contributed by atoms with Gasteiger partial charge in [-0.2, -0.15) is 0 Å². The molecule has 2 rings (SSSR count). The van der Waals surface area contributed by atoms with Crippen LogP contribution in [-0.4, -0.2) is 16.2 Å². The molecule has 0 heterocycles. The molecule has 0 radical (unpaired) electrons. The third-order valence-electron chi connectivity index (χ3n) is 2.55. The van der Waals surface area contributed by atoms with Crippen molar-refractivity contribution in [1.29, 1.82) is 0 Å². The third-order valence-corrected chi connectivity index (χ3v) is 2.55. The fourth-order valence-corrected chi connectivity index (χ4v) is 1.76. The van der Waals surface area contributed by atoms with Gasteiger partial charge in [-0.25, -0.2) is 4.39 Å². The predicted molar refractivity (Wildman–Crippen MR) is 64.8 cm³/mol. The van der Waals surface area contributed by atoms with Gasteiger partial charge in [-0.1, -0.05) is 24.3 Å². The second kappa shape index (κ2) is 4.87. The number of carboxylic acid groups (broad SMARTS) is 1. The number of carboxylic acids is 1. The number of halogens is 1. The van der Waals surface area contributed by atoms with Gasteiger partial charge < -0.3 is 10.2 Å². The topological polar surface area (TPSA) is 57.5 Å². The molecule has 2 aromatic carbocycles. The maximum Gasteiger partial charge on any atom is 0.307 e. The van der Waals surface area contributed by atoms with Crippen LogP contribution in [0.25, 0.3) is 11.1 Å². The molecular weight excluding hydrogens is 235 g/mol. The molecule has 0 saturated heterocycles. The molecule has 0 aromatic heterocycles. The summed E-state index contributed by atoms with van der Waals surface area (Å²) >= 11 is 0. The molecule has 18 heavy (non-hydrogen) atoms. The maximum absolute atomic E-state index is 13.1. The number of carbonyl (C=O) groups is 1. The average molecular weight is 246 g/mol. The van der Waals surface area contributed by atoms with Crippen molar-refractivity contribution in [2.24, 2.45) is 0 Å². The van der Waals surface area contributed by atoms with Crippen molar-refractivity contribution in [3.05, 3.63) is 53.8 Å². The lowest BCUT2D eigenvalue weighted by molar-refractivity contribution is -0.136. The molecule has 0 spiro atoms. The summed E-state index contributed by atoms with van der Waals surface area (Å²) in [5, 5.41) is 18.4. The average Bonchev–Trinajstić information content (AvgIpc) is 2.32. The van der Waals surface area contributed by atoms with Crippen molar-refractivity contribution < 1.29 is 19.4 Å². The minimum absolute atomic E-state index is 0.0381. The lowest BCUT2D eigenvalue weighted by atomic mass is 10.0. The summed E-state index contributed by atoms with van der Waals surface area (Å²) in [5.74, 6) is -1.43. The zero-order valence-electron chi connectivity index (χ0n) is 9.43. The highest BCUT2D eigenvalue weighted by molar-refractivity contribution is 5.74. The van der Waals surface area contributed by atoms with E-state index in [0.717, 1.165) is 0 Å². The van der Waals surface area contributed by atoms with Gasteiger partial charge in [-0.3, -0.25) is 4.79 Å². The van der Waals surface area contributed by atoms with Gasteiger partial charge in [-0.15, -0.1) is 0 Å². The van der Waals surface area contributed by atoms with Gasteiger partial charge in [0, 0.05) is 5.56 Å². The van der Waals surface area contributed by atoms with Crippen LogP contribution in [0.3, 0.4) is 0 Å². The van der Waals surface area contributed by atoms with Crippen molar-refractivity contribution in [1.82, 2.24) is 0 Å². The number of rotatable bonds is 3. The van der Waals surface area contributed by atoms with E-state index in [1.165, 1.54) is 18.2 Å². The van der Waals surface area contributed by atoms with Gasteiger partial charge >= 0.3 is 5.97 Å². The van der Waals surface area contributed by atoms with Crippen molar-refractivity contribution in [3.63, 3.8) is 0 Å². The van der Waals surface area contributed by atoms with Gasteiger partial charge in [0.2, 0.25) is 0 Å². The maximum atomic E-state index is 13.1. The summed E-state index contributed by atoms with van der Waals surface area (Å²) in [5.41, 5.74) is 1.54. The fraction of sp³-hybridized carbons (Fsp3) is 0.0714. The van der Waals surface area contributed by atoms with Crippen LogP contribution in [0.5, 0.6) is 5.75 Å². The fourth-order valence-electron chi connectivity index (χ4n) is 1.76. The minimum Gasteiger partial charge on any atom is -0.507 e. The first-order chi connectivity index (χ1) is 8.56. The summed E-state index contributed by atoms with van der Waals surface area (Å²) < 4.78 is 13.1. The molecule has 0 saturated carbocycles. The summed E-state index contributed by atoms with van der Waals surface area (Å²) in [4.78, 5) is 10.6. The van der Waals surface area contributed by atoms with E-state index in [1.807, 2.05) is 0 Å². The first kappa shape index (κ1) is 12.1. The standard InChI is InChI=1S/C14H11FO3/c15-11-4-5-13(16)12(8-11)10-3-1-2-9(6-10)7-14(17)18/h1-6,8,16H,7H2,(H,17,18). The number of phenolic OH excluding ortho intramolecular Hbond substituents is 1. The van der Waals surface area contributed by atoms with Crippen LogP contribution < -0.4 is 0 Å². The van der Waals surface area contributed by atoms with E-state index in [-0.39, 0.29) is 12.2 Å². The highest BCUT2D eigenvalue weighted by Gasteiger charge is 2.07. The molecule has 92 valence electrons. The van der Waals surface area contributed by atoms with E-state index >= 15 is 0 Å². The monoisotopic (exact) mass is 246 g/mol. The van der Waals surface area contributed by atoms with E-state index in [4.69, 9.17) is 5.11 Å². The van der Waals surface area contributed by atoms with Crippen molar-refractivity contribution in [2.45, 2.75) is 6.42 Å². The predicted octanol–water partition coefficient (Wildman–Crippen LogP) is 2.83. The quantitative estimate of drug-likeness (QED) is 0.875. The van der Waals surface area contributed by atoms with Crippen molar-refractivity contribution in [2.75, 3.05) is 0 Å². The Morgan fingerprint density at radius 1 is 1.17 bits per heavy atom. The van der Waals surface area contributed by atoms with Crippen LogP contribution in [0.1, 0.15) is 5.56 Å². The van der Waals surface area contributed by atoms with E-state index in [9.17, 15) is 14.3 Å². The number of hydrogen-bond donors (Lipinski definition) is 2. The van der Waals surface area contributed by atoms with E-state index in [0.29, 0.717) is 16.7 Å². The molecule has 3 nitrogen and oxygen atoms in total. The van der Waals surface area contributed by atoms with Crippen molar-refractivity contribution in [3.8, 4) is 16.9 Å². The Morgan fingerprint density at radius 3 is 2.67 bits per heavy atom. The van der Waals surface area contributed by atoms with Gasteiger partial charge in [0.15, 0.2) is 0 Å². The normalized spacial score (nSPS) is 10.3. The molecule has 2 aromatic rings. The highest BCUT2D eigenvalue weighted by atomic mass is 19.1. The number of hydrogen-bond acceptors (Lipinski definition) is 2. The van der Waals surface area contributed by atoms with Crippen LogP contribution in [0, 0.1) is 5.82 Å². The Kier molecular flexibility index (Phi) is 3.28. The van der Waals surface area contributed by atoms with Gasteiger partial charge in [-0.05, 0) is 29.3 Å². The molecule has 2 N–H and O–H groups in total. The molecule has 4 heteroatoms. The van der Waals surface area contributed by atoms with Gasteiger partial charge in [0.1, 0.15) is 11.6 Å². The number of phenols is 1. The Bertz CT molecular complexity index is 593. The Morgan fingerprint density at radius 2 is 1.94 bits per heavy atom. The molecule has 0 aliphatic carbocycles. The molecule has 0 amide bonds. The molecule has 0 atom stereocenters. The van der Waals surface area contributed by atoms with Crippen LogP contribution in [-0.2, 0) is 11.2 Å². The molecule has 0 unspecified atom stereocenters. The summed E-state index contributed by atoms with van der Waals surface area (Å²) in [6, 6.07) is 10.3. The first-order valence-electron chi connectivity index (χ1n) is 5.36. The second-order valence-corrected chi connectivity index (χ2v) is 3.93.